The molecule has 7 heavy (non-hydrogen) atoms. The quantitative estimate of drug-likeness (QED) is 0.471. The Morgan fingerprint density at radius 1 is 1.57 bits per heavy atom. The molecular formula is C3H5NOS2. The van der Waals surface area contributed by atoms with Gasteiger partial charge in [0.25, 0.3) is 0 Å². The first-order valence-electron chi connectivity index (χ1n) is 1.49. The van der Waals surface area contributed by atoms with E-state index in [4.69, 9.17) is 0 Å². The second-order valence-corrected chi connectivity index (χ2v) is 2.01. The van der Waals surface area contributed by atoms with Crippen LogP contribution in [0, 0.1) is 0 Å². The Morgan fingerprint density at radius 2 is 2.29 bits per heavy atom. The normalized spacial score (nSPS) is 24.9. The van der Waals surface area contributed by atoms with Gasteiger partial charge in [0.05, 0.1) is 16.3 Å². The van der Waals surface area contributed by atoms with Crippen molar-refractivity contribution in [2.45, 2.75) is 0 Å². The Morgan fingerprint density at radius 3 is 2.43 bits per heavy atom. The molecule has 0 saturated heterocycles. The molecular weight excluding hydrogens is 130 g/mol. The van der Waals surface area contributed by atoms with Crippen LogP contribution in [-0.4, -0.2) is 9.76 Å². The number of hydrogen-bond acceptors (Lipinski definition) is 2. The van der Waals surface area contributed by atoms with E-state index in [1.165, 1.54) is 17.2 Å². The van der Waals surface area contributed by atoms with E-state index < -0.39 is 10.8 Å². The van der Waals surface area contributed by atoms with Crippen LogP contribution in [0.15, 0.2) is 16.6 Å². The van der Waals surface area contributed by atoms with Crippen LogP contribution in [-0.2, 0) is 10.8 Å². The molecule has 0 aliphatic carbocycles. The minimum absolute atomic E-state index is 0. The van der Waals surface area contributed by atoms with Crippen molar-refractivity contribution in [3.8, 4) is 0 Å². The molecule has 1 aliphatic heterocycles. The van der Waals surface area contributed by atoms with Crippen molar-refractivity contribution >= 4 is 29.8 Å². The maximum absolute atomic E-state index is 10.1. The van der Waals surface area contributed by atoms with Gasteiger partial charge >= 0.3 is 0 Å². The zero-order chi connectivity index (χ0) is 4.41. The van der Waals surface area contributed by atoms with Crippen molar-refractivity contribution in [1.29, 1.82) is 0 Å². The highest BCUT2D eigenvalue weighted by molar-refractivity contribution is 8.01. The van der Waals surface area contributed by atoms with Gasteiger partial charge in [-0.05, 0) is 0 Å². The summed E-state index contributed by atoms with van der Waals surface area (Å²) in [4.78, 5) is 3.56. The fraction of sp³-hybridized carbons (Fsp3) is 0. The summed E-state index contributed by atoms with van der Waals surface area (Å²) in [6.45, 7) is 0. The standard InChI is InChI=1S/C3H3NOS.H2S/c5-6-2-1-4-3-6;/h1-3H;1H2. The third kappa shape index (κ3) is 1.89. The van der Waals surface area contributed by atoms with Crippen molar-refractivity contribution in [2.24, 2.45) is 4.99 Å². The van der Waals surface area contributed by atoms with Crippen LogP contribution in [0.5, 0.6) is 0 Å². The first kappa shape index (κ1) is 6.91. The maximum Gasteiger partial charge on any atom is 0.0952 e. The van der Waals surface area contributed by atoms with Crippen molar-refractivity contribution in [3.05, 3.63) is 11.6 Å². The summed E-state index contributed by atoms with van der Waals surface area (Å²) in [5.74, 6) is 0. The Kier molecular flexibility index (Phi) is 2.95. The zero-order valence-corrected chi connectivity index (χ0v) is 5.31. The van der Waals surface area contributed by atoms with Crippen molar-refractivity contribution < 1.29 is 4.21 Å². The van der Waals surface area contributed by atoms with Gasteiger partial charge in [0.1, 0.15) is 0 Å². The highest BCUT2D eigenvalue weighted by atomic mass is 32.2. The minimum Gasteiger partial charge on any atom is -0.254 e. The lowest BCUT2D eigenvalue weighted by Gasteiger charge is -1.62. The van der Waals surface area contributed by atoms with E-state index in [0.29, 0.717) is 0 Å². The molecule has 1 unspecified atom stereocenters. The fourth-order valence-corrected chi connectivity index (χ4v) is 0.676. The Labute approximate surface area is 51.2 Å². The largest absolute Gasteiger partial charge is 0.254 e. The molecule has 0 radical (unpaired) electrons. The van der Waals surface area contributed by atoms with E-state index in [9.17, 15) is 4.21 Å². The lowest BCUT2D eigenvalue weighted by atomic mass is 11.1. The molecule has 1 heterocycles. The molecule has 1 rings (SSSR count). The molecule has 0 spiro atoms. The van der Waals surface area contributed by atoms with Crippen LogP contribution in [0.2, 0.25) is 0 Å². The van der Waals surface area contributed by atoms with E-state index in [2.05, 4.69) is 4.99 Å². The summed E-state index contributed by atoms with van der Waals surface area (Å²) < 4.78 is 10.1. The molecule has 1 atom stereocenters. The number of nitrogens with zero attached hydrogens (tertiary/aromatic N) is 1. The van der Waals surface area contributed by atoms with E-state index >= 15 is 0 Å². The Hall–Kier alpha value is -0.0900. The smallest absolute Gasteiger partial charge is 0.0952 e. The third-order valence-corrected chi connectivity index (χ3v) is 1.17. The van der Waals surface area contributed by atoms with Crippen LogP contribution in [0.4, 0.5) is 0 Å². The number of aliphatic imine (C=N–C) groups is 1. The van der Waals surface area contributed by atoms with E-state index in [0.717, 1.165) is 0 Å². The summed E-state index contributed by atoms with van der Waals surface area (Å²) in [5, 5.41) is 1.53. The van der Waals surface area contributed by atoms with Crippen molar-refractivity contribution in [3.63, 3.8) is 0 Å². The second-order valence-electron chi connectivity index (χ2n) is 0.868. The first-order chi connectivity index (χ1) is 2.89. The Bertz CT molecular complexity index is 115. The number of rotatable bonds is 0. The first-order valence-corrected chi connectivity index (χ1v) is 2.76. The van der Waals surface area contributed by atoms with Gasteiger partial charge in [-0.3, -0.25) is 4.99 Å². The maximum atomic E-state index is 10.1. The summed E-state index contributed by atoms with van der Waals surface area (Å²) >= 11 is 0. The second kappa shape index (κ2) is 2.98. The van der Waals surface area contributed by atoms with E-state index in [1.54, 1.807) is 0 Å². The highest BCUT2D eigenvalue weighted by Crippen LogP contribution is 1.88. The lowest BCUT2D eigenvalue weighted by Crippen LogP contribution is -1.73. The molecule has 0 bridgehead atoms. The van der Waals surface area contributed by atoms with Gasteiger partial charge < -0.3 is 0 Å². The topological polar surface area (TPSA) is 29.4 Å². The summed E-state index contributed by atoms with van der Waals surface area (Å²) in [7, 11) is -0.895. The van der Waals surface area contributed by atoms with Gasteiger partial charge in [0.2, 0.25) is 0 Å². The zero-order valence-electron chi connectivity index (χ0n) is 3.50. The molecule has 4 heteroatoms. The fourth-order valence-electron chi connectivity index (χ4n) is 0.225. The van der Waals surface area contributed by atoms with Gasteiger partial charge in [-0.25, -0.2) is 4.21 Å². The molecule has 0 aromatic rings. The monoisotopic (exact) mass is 135 g/mol. The van der Waals surface area contributed by atoms with Crippen molar-refractivity contribution in [1.82, 2.24) is 0 Å². The molecule has 0 fully saturated rings. The average molecular weight is 135 g/mol. The van der Waals surface area contributed by atoms with E-state index in [1.807, 2.05) is 0 Å². The molecule has 0 N–H and O–H groups in total. The molecule has 0 saturated carbocycles. The summed E-state index contributed by atoms with van der Waals surface area (Å²) in [6.07, 6.45) is 1.52. The van der Waals surface area contributed by atoms with Gasteiger partial charge in [0, 0.05) is 11.6 Å². The van der Waals surface area contributed by atoms with Gasteiger partial charge in [0.15, 0.2) is 0 Å². The lowest BCUT2D eigenvalue weighted by molar-refractivity contribution is 0.695. The molecule has 0 aromatic heterocycles. The summed E-state index contributed by atoms with van der Waals surface area (Å²) in [5.41, 5.74) is 1.39. The average Bonchev–Trinajstić information content (AvgIpc) is 1.86. The van der Waals surface area contributed by atoms with Gasteiger partial charge in [-0.2, -0.15) is 13.5 Å². The summed E-state index contributed by atoms with van der Waals surface area (Å²) in [6, 6.07) is 0. The van der Waals surface area contributed by atoms with E-state index in [-0.39, 0.29) is 13.5 Å². The van der Waals surface area contributed by atoms with Gasteiger partial charge in [-0.1, -0.05) is 0 Å². The molecule has 1 aliphatic rings. The van der Waals surface area contributed by atoms with Gasteiger partial charge in [-0.15, -0.1) is 0 Å². The minimum atomic E-state index is -0.895. The van der Waals surface area contributed by atoms with Crippen LogP contribution in [0.25, 0.3) is 0 Å². The molecule has 0 amide bonds. The molecule has 40 valence electrons. The number of hydrogen-bond donors (Lipinski definition) is 0. The Balaban J connectivity index is 0.000000360. The van der Waals surface area contributed by atoms with Crippen LogP contribution < -0.4 is 0 Å². The molecule has 0 aromatic carbocycles. The highest BCUT2D eigenvalue weighted by Gasteiger charge is 1.87. The van der Waals surface area contributed by atoms with Crippen LogP contribution in [0.1, 0.15) is 0 Å². The van der Waals surface area contributed by atoms with Crippen LogP contribution in [0.3, 0.4) is 0 Å². The van der Waals surface area contributed by atoms with Crippen LogP contribution >= 0.6 is 13.5 Å². The molecule has 2 nitrogen and oxygen atoms in total. The predicted octanol–water partition coefficient (Wildman–Crippen LogP) is 0.361. The van der Waals surface area contributed by atoms with Crippen molar-refractivity contribution in [2.75, 3.05) is 0 Å². The SMILES string of the molecule is O=S1C=CN=C1.S. The third-order valence-electron chi connectivity index (χ3n) is 0.446. The predicted molar refractivity (Wildman–Crippen MR) is 36.2 cm³/mol.